The number of oxazole rings is 1. The van der Waals surface area contributed by atoms with Crippen molar-refractivity contribution in [1.29, 1.82) is 0 Å². The van der Waals surface area contributed by atoms with Crippen LogP contribution in [0.4, 0.5) is 13.2 Å². The molecule has 25 heavy (non-hydrogen) atoms. The van der Waals surface area contributed by atoms with E-state index in [1.807, 2.05) is 0 Å². The highest BCUT2D eigenvalue weighted by atomic mass is 32.2. The number of hydrogen-bond acceptors (Lipinski definition) is 4. The van der Waals surface area contributed by atoms with Gasteiger partial charge in [0.1, 0.15) is 11.8 Å². The molecule has 5 nitrogen and oxygen atoms in total. The Hall–Kier alpha value is -1.87. The molecule has 1 aromatic carbocycles. The summed E-state index contributed by atoms with van der Waals surface area (Å²) in [6.45, 7) is 1.99. The smallest absolute Gasteiger partial charge is 0.416 e. The lowest BCUT2D eigenvalue weighted by atomic mass is 10.1. The van der Waals surface area contributed by atoms with E-state index in [2.05, 4.69) is 4.98 Å². The van der Waals surface area contributed by atoms with Gasteiger partial charge in [0.25, 0.3) is 0 Å². The maximum absolute atomic E-state index is 12.9. The highest BCUT2D eigenvalue weighted by Crippen LogP contribution is 2.36. The third-order valence-electron chi connectivity index (χ3n) is 4.17. The first-order valence-electron chi connectivity index (χ1n) is 7.81. The highest BCUT2D eigenvalue weighted by molar-refractivity contribution is 7.89. The summed E-state index contributed by atoms with van der Waals surface area (Å²) in [5, 5.41) is 0. The molecule has 136 valence electrons. The molecule has 1 saturated heterocycles. The van der Waals surface area contributed by atoms with Crippen molar-refractivity contribution < 1.29 is 26.0 Å². The van der Waals surface area contributed by atoms with Crippen molar-refractivity contribution in [3.63, 3.8) is 0 Å². The lowest BCUT2D eigenvalue weighted by Gasteiger charge is -2.32. The van der Waals surface area contributed by atoms with Gasteiger partial charge >= 0.3 is 6.18 Å². The molecule has 2 heterocycles. The van der Waals surface area contributed by atoms with Crippen molar-refractivity contribution in [1.82, 2.24) is 9.29 Å². The number of sulfonamides is 1. The van der Waals surface area contributed by atoms with Crippen molar-refractivity contribution in [3.05, 3.63) is 47.7 Å². The topological polar surface area (TPSA) is 63.4 Å². The zero-order valence-electron chi connectivity index (χ0n) is 13.5. The van der Waals surface area contributed by atoms with Gasteiger partial charge in [-0.15, -0.1) is 0 Å². The summed E-state index contributed by atoms with van der Waals surface area (Å²) in [5.41, 5.74) is -0.884. The fraction of sp³-hybridized carbons (Fsp3) is 0.438. The molecule has 1 aliphatic rings. The van der Waals surface area contributed by atoms with E-state index in [0.717, 1.165) is 30.7 Å². The summed E-state index contributed by atoms with van der Waals surface area (Å²) in [4.78, 5) is 3.95. The van der Waals surface area contributed by atoms with E-state index in [-0.39, 0.29) is 11.4 Å². The van der Waals surface area contributed by atoms with Gasteiger partial charge in [0, 0.05) is 6.54 Å². The Morgan fingerprint density at radius 1 is 1.20 bits per heavy atom. The van der Waals surface area contributed by atoms with Crippen LogP contribution in [0.25, 0.3) is 0 Å². The molecular weight excluding hydrogens is 357 g/mol. The van der Waals surface area contributed by atoms with E-state index >= 15 is 0 Å². The van der Waals surface area contributed by atoms with E-state index < -0.39 is 27.8 Å². The van der Waals surface area contributed by atoms with Crippen molar-refractivity contribution in [3.8, 4) is 0 Å². The van der Waals surface area contributed by atoms with Crippen molar-refractivity contribution >= 4 is 10.0 Å². The van der Waals surface area contributed by atoms with Gasteiger partial charge in [0.05, 0.1) is 16.7 Å². The molecular formula is C16H17F3N2O3S. The van der Waals surface area contributed by atoms with Crippen LogP contribution < -0.4 is 0 Å². The van der Waals surface area contributed by atoms with Crippen LogP contribution in [0, 0.1) is 6.92 Å². The van der Waals surface area contributed by atoms with Crippen LogP contribution in [0.1, 0.15) is 42.5 Å². The maximum atomic E-state index is 12.9. The van der Waals surface area contributed by atoms with Crippen LogP contribution >= 0.6 is 0 Å². The number of halogens is 3. The number of piperidine rings is 1. The van der Waals surface area contributed by atoms with Crippen LogP contribution in [0.3, 0.4) is 0 Å². The second-order valence-corrected chi connectivity index (χ2v) is 7.85. The minimum atomic E-state index is -4.51. The number of aromatic nitrogens is 1. The normalized spacial score (nSPS) is 19.9. The van der Waals surface area contributed by atoms with Gasteiger partial charge in [-0.1, -0.05) is 6.42 Å². The largest absolute Gasteiger partial charge is 0.444 e. The number of hydrogen-bond donors (Lipinski definition) is 0. The Bertz CT molecular complexity index is 844. The molecule has 0 radical (unpaired) electrons. The minimum Gasteiger partial charge on any atom is -0.444 e. The number of alkyl halides is 3. The highest BCUT2D eigenvalue weighted by Gasteiger charge is 2.37. The SMILES string of the molecule is Cc1cnc([C@@H]2CCCCN2S(=O)(=O)c2ccc(C(F)(F)F)cc2)o1. The van der Waals surface area contributed by atoms with Gasteiger partial charge in [0.2, 0.25) is 15.9 Å². The number of aryl methyl sites for hydroxylation is 1. The first-order chi connectivity index (χ1) is 11.7. The molecule has 0 N–H and O–H groups in total. The first-order valence-corrected chi connectivity index (χ1v) is 9.25. The number of benzene rings is 1. The van der Waals surface area contributed by atoms with Gasteiger partial charge < -0.3 is 4.42 Å². The van der Waals surface area contributed by atoms with Crippen LogP contribution in [-0.2, 0) is 16.2 Å². The predicted molar refractivity (Wildman–Crippen MR) is 83.2 cm³/mol. The molecule has 9 heteroatoms. The summed E-state index contributed by atoms with van der Waals surface area (Å²) in [6, 6.07) is 2.99. The maximum Gasteiger partial charge on any atom is 0.416 e. The molecule has 1 fully saturated rings. The third kappa shape index (κ3) is 3.57. The van der Waals surface area contributed by atoms with Crippen molar-refractivity contribution in [2.45, 2.75) is 43.3 Å². The third-order valence-corrected chi connectivity index (χ3v) is 6.09. The van der Waals surface area contributed by atoms with Crippen LogP contribution in [0.15, 0.2) is 39.8 Å². The summed E-state index contributed by atoms with van der Waals surface area (Å²) in [6.07, 6.45) is -0.931. The minimum absolute atomic E-state index is 0.171. The molecule has 0 spiro atoms. The van der Waals surface area contributed by atoms with E-state index in [1.54, 1.807) is 6.92 Å². The summed E-state index contributed by atoms with van der Waals surface area (Å²) in [5.74, 6) is 0.889. The molecule has 1 aliphatic heterocycles. The Kier molecular flexibility index (Phi) is 4.63. The Balaban J connectivity index is 1.94. The van der Waals surface area contributed by atoms with Gasteiger partial charge in [-0.25, -0.2) is 13.4 Å². The monoisotopic (exact) mass is 374 g/mol. The molecule has 0 saturated carbocycles. The lowest BCUT2D eigenvalue weighted by molar-refractivity contribution is -0.137. The summed E-state index contributed by atoms with van der Waals surface area (Å²) in [7, 11) is -3.95. The molecule has 2 aromatic rings. The zero-order valence-corrected chi connectivity index (χ0v) is 14.3. The van der Waals surface area contributed by atoms with E-state index in [1.165, 1.54) is 10.5 Å². The molecule has 3 rings (SSSR count). The quantitative estimate of drug-likeness (QED) is 0.817. The molecule has 0 amide bonds. The van der Waals surface area contributed by atoms with Crippen LogP contribution in [0.2, 0.25) is 0 Å². The molecule has 1 atom stereocenters. The molecule has 0 aliphatic carbocycles. The first kappa shape index (κ1) is 17.9. The summed E-state index contributed by atoms with van der Waals surface area (Å²) < 4.78 is 70.6. The second kappa shape index (κ2) is 6.45. The second-order valence-electron chi connectivity index (χ2n) is 5.96. The Labute approximate surface area is 143 Å². The van der Waals surface area contributed by atoms with E-state index in [0.29, 0.717) is 24.5 Å². The standard InChI is InChI=1S/C16H17F3N2O3S/c1-11-10-20-15(24-11)14-4-2-3-9-21(14)25(22,23)13-7-5-12(6-8-13)16(17,18)19/h5-8,10,14H,2-4,9H2,1H3/t14-/m0/s1. The fourth-order valence-electron chi connectivity index (χ4n) is 2.92. The van der Waals surface area contributed by atoms with Crippen molar-refractivity contribution in [2.24, 2.45) is 0 Å². The van der Waals surface area contributed by atoms with Gasteiger partial charge in [-0.05, 0) is 44.0 Å². The zero-order chi connectivity index (χ0) is 18.2. The van der Waals surface area contributed by atoms with Crippen molar-refractivity contribution in [2.75, 3.05) is 6.54 Å². The Morgan fingerprint density at radius 2 is 1.88 bits per heavy atom. The Morgan fingerprint density at radius 3 is 2.44 bits per heavy atom. The molecule has 0 bridgehead atoms. The van der Waals surface area contributed by atoms with Gasteiger partial charge in [-0.2, -0.15) is 17.5 Å². The van der Waals surface area contributed by atoms with Gasteiger partial charge in [-0.3, -0.25) is 0 Å². The fourth-order valence-corrected chi connectivity index (χ4v) is 4.57. The average Bonchev–Trinajstić information content (AvgIpc) is 3.00. The summed E-state index contributed by atoms with van der Waals surface area (Å²) >= 11 is 0. The molecule has 1 aromatic heterocycles. The lowest BCUT2D eigenvalue weighted by Crippen LogP contribution is -2.38. The number of nitrogens with zero attached hydrogens (tertiary/aromatic N) is 2. The van der Waals surface area contributed by atoms with Gasteiger partial charge in [0.15, 0.2) is 0 Å². The average molecular weight is 374 g/mol. The van der Waals surface area contributed by atoms with E-state index in [9.17, 15) is 21.6 Å². The van der Waals surface area contributed by atoms with Crippen LogP contribution in [0.5, 0.6) is 0 Å². The molecule has 0 unspecified atom stereocenters. The predicted octanol–water partition coefficient (Wildman–Crippen LogP) is 3.92. The van der Waals surface area contributed by atoms with E-state index in [4.69, 9.17) is 4.42 Å². The number of rotatable bonds is 3. The van der Waals surface area contributed by atoms with Crippen LogP contribution in [-0.4, -0.2) is 24.3 Å².